The van der Waals surface area contributed by atoms with Crippen molar-refractivity contribution >= 4 is 20.9 Å². The zero-order valence-corrected chi connectivity index (χ0v) is 18.2. The molecule has 2 heterocycles. The summed E-state index contributed by atoms with van der Waals surface area (Å²) in [5.74, 6) is 0. The molecule has 3 rings (SSSR count). The van der Waals surface area contributed by atoms with Crippen LogP contribution in [0.4, 0.5) is 13.2 Å². The van der Waals surface area contributed by atoms with Crippen LogP contribution in [0.5, 0.6) is 0 Å². The maximum Gasteiger partial charge on any atom is 0.511 e. The third-order valence-electron chi connectivity index (χ3n) is 4.38. The molecule has 6 nitrogen and oxygen atoms in total. The molecule has 1 aliphatic rings. The largest absolute Gasteiger partial charge is 0.511 e. The molecule has 2 N–H and O–H groups in total. The summed E-state index contributed by atoms with van der Waals surface area (Å²) in [7, 11) is -5.34. The van der Waals surface area contributed by atoms with Crippen molar-refractivity contribution < 1.29 is 21.6 Å². The number of para-hydroxylation sites is 1. The van der Waals surface area contributed by atoms with Crippen molar-refractivity contribution in [3.05, 3.63) is 55.0 Å². The first kappa shape index (κ1) is 25.7. The molecule has 0 radical (unpaired) electrons. The van der Waals surface area contributed by atoms with Gasteiger partial charge in [0.2, 0.25) is 0 Å². The molecule has 1 unspecified atom stereocenters. The number of pyridine rings is 1. The minimum Gasteiger partial charge on any atom is -0.357 e. The first-order valence-corrected chi connectivity index (χ1v) is 11.1. The number of fused-ring (bicyclic) bond motifs is 1. The van der Waals surface area contributed by atoms with Crippen LogP contribution >= 0.6 is 0 Å². The van der Waals surface area contributed by atoms with Gasteiger partial charge in [0.15, 0.2) is 0 Å². The van der Waals surface area contributed by atoms with Crippen molar-refractivity contribution in [1.29, 1.82) is 0 Å². The lowest BCUT2D eigenvalue weighted by molar-refractivity contribution is -0.0436. The number of unbranched alkanes of at least 4 members (excludes halogenated alkanes) is 1. The highest BCUT2D eigenvalue weighted by Crippen LogP contribution is 2.19. The number of hydrogen-bond donors (Lipinski definition) is 1. The van der Waals surface area contributed by atoms with E-state index in [9.17, 15) is 21.6 Å². The van der Waals surface area contributed by atoms with Gasteiger partial charge >= 0.3 is 15.5 Å². The maximum absolute atomic E-state index is 10.8. The molecule has 0 saturated heterocycles. The average molecular weight is 447 g/mol. The molecule has 2 aromatic rings. The number of alkyl halides is 3. The molecule has 0 bridgehead atoms. The average Bonchev–Trinajstić information content (AvgIpc) is 3.05. The molecule has 0 fully saturated rings. The molecule has 10 heteroatoms. The van der Waals surface area contributed by atoms with Crippen molar-refractivity contribution in [2.45, 2.75) is 45.3 Å². The number of sulfonamides is 1. The van der Waals surface area contributed by atoms with Crippen LogP contribution < -0.4 is 5.14 Å². The molecule has 0 amide bonds. The number of nitrogens with two attached hydrogens (primary N) is 1. The zero-order valence-electron chi connectivity index (χ0n) is 17.4. The summed E-state index contributed by atoms with van der Waals surface area (Å²) in [6.07, 6.45) is 9.36. The number of aromatic nitrogens is 1. The molecule has 30 heavy (non-hydrogen) atoms. The minimum atomic E-state index is -5.34. The van der Waals surface area contributed by atoms with Gasteiger partial charge in [0.1, 0.15) is 0 Å². The molecule has 1 aromatic heterocycles. The fourth-order valence-electron chi connectivity index (χ4n) is 2.60. The highest BCUT2D eigenvalue weighted by molar-refractivity contribution is 7.90. The van der Waals surface area contributed by atoms with Crippen molar-refractivity contribution in [1.82, 2.24) is 14.8 Å². The van der Waals surface area contributed by atoms with E-state index in [0.717, 1.165) is 12.1 Å². The van der Waals surface area contributed by atoms with E-state index in [-0.39, 0.29) is 0 Å². The third-order valence-corrected chi connectivity index (χ3v) is 5.02. The van der Waals surface area contributed by atoms with Crippen LogP contribution in [-0.4, -0.2) is 48.0 Å². The first-order valence-electron chi connectivity index (χ1n) is 9.59. The fourth-order valence-corrected chi connectivity index (χ4v) is 2.60. The normalized spacial score (nSPS) is 16.0. The van der Waals surface area contributed by atoms with E-state index in [4.69, 9.17) is 0 Å². The second-order valence-corrected chi connectivity index (χ2v) is 8.09. The molecule has 1 atom stereocenters. The number of nitrogens with zero attached hydrogens (tertiary/aromatic N) is 3. The van der Waals surface area contributed by atoms with E-state index in [1.165, 1.54) is 24.8 Å². The molecule has 0 spiro atoms. The summed E-state index contributed by atoms with van der Waals surface area (Å²) in [4.78, 5) is 8.95. The lowest BCUT2D eigenvalue weighted by Crippen LogP contribution is -2.36. The quantitative estimate of drug-likeness (QED) is 0.759. The number of hydrogen-bond acceptors (Lipinski definition) is 5. The maximum atomic E-state index is 10.8. The number of benzene rings is 1. The lowest BCUT2D eigenvalue weighted by atomic mass is 10.2. The highest BCUT2D eigenvalue weighted by Gasteiger charge is 2.42. The zero-order chi connectivity index (χ0) is 22.8. The van der Waals surface area contributed by atoms with E-state index >= 15 is 0 Å². The van der Waals surface area contributed by atoms with Gasteiger partial charge in [-0.2, -0.15) is 13.2 Å². The fraction of sp³-hybridized carbons (Fsp3) is 0.450. The second kappa shape index (κ2) is 11.8. The van der Waals surface area contributed by atoms with Crippen LogP contribution in [0, 0.1) is 0 Å². The Bertz CT molecular complexity index is 839. The molecule has 1 aromatic carbocycles. The Balaban J connectivity index is 0.000000230. The van der Waals surface area contributed by atoms with Gasteiger partial charge in [0.05, 0.1) is 11.7 Å². The summed E-state index contributed by atoms with van der Waals surface area (Å²) in [6, 6.07) is 12.1. The minimum absolute atomic E-state index is 0.571. The molecule has 1 aliphatic heterocycles. The van der Waals surface area contributed by atoms with Crippen LogP contribution in [0.3, 0.4) is 0 Å². The van der Waals surface area contributed by atoms with Crippen molar-refractivity contribution in [2.75, 3.05) is 13.1 Å². The van der Waals surface area contributed by atoms with Gasteiger partial charge in [-0.25, -0.2) is 13.6 Å². The van der Waals surface area contributed by atoms with Crippen molar-refractivity contribution in [3.63, 3.8) is 0 Å². The van der Waals surface area contributed by atoms with E-state index in [0.29, 0.717) is 6.17 Å². The smallest absolute Gasteiger partial charge is 0.357 e. The van der Waals surface area contributed by atoms with Gasteiger partial charge in [-0.05, 0) is 32.4 Å². The Labute approximate surface area is 176 Å². The van der Waals surface area contributed by atoms with E-state index < -0.39 is 15.5 Å². The van der Waals surface area contributed by atoms with Gasteiger partial charge in [-0.3, -0.25) is 4.98 Å². The van der Waals surface area contributed by atoms with Crippen LogP contribution in [0.1, 0.15) is 33.6 Å². The van der Waals surface area contributed by atoms with Crippen molar-refractivity contribution in [2.24, 2.45) is 5.14 Å². The predicted octanol–water partition coefficient (Wildman–Crippen LogP) is 4.27. The van der Waals surface area contributed by atoms with Crippen LogP contribution in [0.2, 0.25) is 0 Å². The van der Waals surface area contributed by atoms with Crippen molar-refractivity contribution in [3.8, 4) is 0 Å². The summed E-state index contributed by atoms with van der Waals surface area (Å²) in [6.45, 7) is 9.01. The lowest BCUT2D eigenvalue weighted by Gasteiger charge is -2.28. The molecular formula is C20H29F3N4O2S. The summed E-state index contributed by atoms with van der Waals surface area (Å²) < 4.78 is 51.2. The van der Waals surface area contributed by atoms with E-state index in [1.807, 2.05) is 30.5 Å². The monoisotopic (exact) mass is 446 g/mol. The summed E-state index contributed by atoms with van der Waals surface area (Å²) in [5, 5.41) is 4.86. The van der Waals surface area contributed by atoms with Gasteiger partial charge in [0, 0.05) is 37.1 Å². The molecular weight excluding hydrogens is 417 g/mol. The Morgan fingerprint density at radius 2 is 1.63 bits per heavy atom. The van der Waals surface area contributed by atoms with E-state index in [2.05, 4.69) is 65.2 Å². The van der Waals surface area contributed by atoms with Crippen LogP contribution in [0.15, 0.2) is 55.0 Å². The molecule has 0 saturated carbocycles. The van der Waals surface area contributed by atoms with Gasteiger partial charge in [-0.1, -0.05) is 37.6 Å². The highest BCUT2D eigenvalue weighted by atomic mass is 32.2. The summed E-state index contributed by atoms with van der Waals surface area (Å²) >= 11 is 0. The molecule has 168 valence electrons. The second-order valence-electron chi connectivity index (χ2n) is 6.54. The Kier molecular flexibility index (Phi) is 10.1. The van der Waals surface area contributed by atoms with E-state index in [1.54, 1.807) is 0 Å². The SMILES string of the molecule is CCCCN1C=CN(CC)C1C.NS(=O)(=O)C(F)(F)F.c1ccc2ncccc2c1. The Morgan fingerprint density at radius 1 is 1.07 bits per heavy atom. The first-order chi connectivity index (χ1) is 14.0. The molecule has 0 aliphatic carbocycles. The Morgan fingerprint density at radius 3 is 2.13 bits per heavy atom. The third kappa shape index (κ3) is 8.19. The topological polar surface area (TPSA) is 79.5 Å². The van der Waals surface area contributed by atoms with Crippen LogP contribution in [-0.2, 0) is 10.0 Å². The Hall–Kier alpha value is -2.33. The number of primary sulfonamides is 1. The standard InChI is InChI=1S/C10H20N2.C9H7N.CH2F3NO2S/c1-4-6-7-12-9-8-11(5-2)10(12)3;1-2-6-9-8(4-1)5-3-7-10-9;2-1(3,4)8(5,6)7/h8-10H,4-7H2,1-3H3;1-7H;(H2,5,6,7). The van der Waals surface area contributed by atoms with Gasteiger partial charge in [0.25, 0.3) is 0 Å². The van der Waals surface area contributed by atoms with Gasteiger partial charge in [-0.15, -0.1) is 0 Å². The van der Waals surface area contributed by atoms with Crippen LogP contribution in [0.25, 0.3) is 10.9 Å². The number of rotatable bonds is 4. The number of halogens is 3. The summed E-state index contributed by atoms with van der Waals surface area (Å²) in [5.41, 5.74) is -4.25. The predicted molar refractivity (Wildman–Crippen MR) is 114 cm³/mol. The van der Waals surface area contributed by atoms with Gasteiger partial charge < -0.3 is 9.80 Å².